The number of carbonyl (C=O) groups is 2. The summed E-state index contributed by atoms with van der Waals surface area (Å²) in [6, 6.07) is 21.8. The molecule has 37 heavy (non-hydrogen) atoms. The molecular formula is C27H29Cl2N3O4S. The molecule has 0 fully saturated rings. The number of carbonyl (C=O) groups excluding carboxylic acids is 2. The Morgan fingerprint density at radius 3 is 2.11 bits per heavy atom. The van der Waals surface area contributed by atoms with Gasteiger partial charge in [0.25, 0.3) is 0 Å². The summed E-state index contributed by atoms with van der Waals surface area (Å²) in [5.41, 5.74) is 1.78. The maximum atomic E-state index is 13.9. The van der Waals surface area contributed by atoms with Crippen LogP contribution in [0.1, 0.15) is 18.1 Å². The maximum absolute atomic E-state index is 13.9. The van der Waals surface area contributed by atoms with E-state index in [1.807, 2.05) is 30.3 Å². The number of nitrogens with one attached hydrogen (secondary N) is 1. The zero-order valence-electron chi connectivity index (χ0n) is 20.6. The van der Waals surface area contributed by atoms with E-state index < -0.39 is 28.5 Å². The predicted molar refractivity (Wildman–Crippen MR) is 148 cm³/mol. The lowest BCUT2D eigenvalue weighted by atomic mass is 10.0. The second-order valence-corrected chi connectivity index (χ2v) is 11.2. The molecule has 0 bridgehead atoms. The SMILES string of the molecule is CCNC(=O)C(Cc1ccccc1)N(Cc1ccc(Cl)cc1)C(=O)CN(c1ccccc1Cl)S(C)(=O)=O. The van der Waals surface area contributed by atoms with Gasteiger partial charge in [-0.1, -0.05) is 77.8 Å². The second kappa shape index (κ2) is 12.9. The Morgan fingerprint density at radius 2 is 1.51 bits per heavy atom. The van der Waals surface area contributed by atoms with Crippen LogP contribution >= 0.6 is 23.2 Å². The van der Waals surface area contributed by atoms with E-state index in [0.29, 0.717) is 11.6 Å². The van der Waals surface area contributed by atoms with Crippen LogP contribution in [0.3, 0.4) is 0 Å². The quantitative estimate of drug-likeness (QED) is 0.372. The van der Waals surface area contributed by atoms with Gasteiger partial charge in [-0.15, -0.1) is 0 Å². The molecule has 3 aromatic carbocycles. The molecule has 3 aromatic rings. The molecule has 1 unspecified atom stereocenters. The van der Waals surface area contributed by atoms with Gasteiger partial charge in [0.1, 0.15) is 12.6 Å². The fourth-order valence-corrected chi connectivity index (χ4v) is 5.16. The van der Waals surface area contributed by atoms with Crippen molar-refractivity contribution < 1.29 is 18.0 Å². The van der Waals surface area contributed by atoms with Crippen LogP contribution in [-0.2, 0) is 32.6 Å². The summed E-state index contributed by atoms with van der Waals surface area (Å²) in [5.74, 6) is -0.884. The van der Waals surface area contributed by atoms with E-state index >= 15 is 0 Å². The van der Waals surface area contributed by atoms with Crippen LogP contribution in [0, 0.1) is 0 Å². The molecule has 3 rings (SSSR count). The second-order valence-electron chi connectivity index (χ2n) is 8.47. The molecule has 0 aliphatic heterocycles. The monoisotopic (exact) mass is 561 g/mol. The van der Waals surface area contributed by atoms with Crippen LogP contribution < -0.4 is 9.62 Å². The molecule has 0 aliphatic carbocycles. The van der Waals surface area contributed by atoms with Crippen molar-refractivity contribution in [2.24, 2.45) is 0 Å². The Hall–Kier alpha value is -3.07. The number of sulfonamides is 1. The first kappa shape index (κ1) is 28.5. The van der Waals surface area contributed by atoms with E-state index in [9.17, 15) is 18.0 Å². The first-order chi connectivity index (χ1) is 17.6. The largest absolute Gasteiger partial charge is 0.355 e. The number of halogens is 2. The number of likely N-dealkylation sites (N-methyl/N-ethyl adjacent to an activating group) is 1. The van der Waals surface area contributed by atoms with Gasteiger partial charge in [0, 0.05) is 24.5 Å². The molecule has 0 saturated carbocycles. The standard InChI is InChI=1S/C27H29Cl2N3O4S/c1-3-30-27(34)25(17-20-9-5-4-6-10-20)31(18-21-13-15-22(28)16-14-21)26(33)19-32(37(2,35)36)24-12-8-7-11-23(24)29/h4-16,25H,3,17-19H2,1-2H3,(H,30,34). The number of nitrogens with zero attached hydrogens (tertiary/aromatic N) is 2. The van der Waals surface area contributed by atoms with Crippen molar-refractivity contribution in [3.8, 4) is 0 Å². The third-order valence-corrected chi connectivity index (χ3v) is 7.39. The molecule has 10 heteroatoms. The number of anilines is 1. The Bertz CT molecular complexity index is 1320. The topological polar surface area (TPSA) is 86.8 Å². The highest BCUT2D eigenvalue weighted by Gasteiger charge is 2.33. The van der Waals surface area contributed by atoms with Gasteiger partial charge in [0.05, 0.1) is 17.0 Å². The van der Waals surface area contributed by atoms with Crippen molar-refractivity contribution in [2.45, 2.75) is 25.9 Å². The third-order valence-electron chi connectivity index (χ3n) is 5.69. The lowest BCUT2D eigenvalue weighted by Crippen LogP contribution is -2.53. The molecule has 0 spiro atoms. The molecule has 196 valence electrons. The van der Waals surface area contributed by atoms with Crippen molar-refractivity contribution in [3.63, 3.8) is 0 Å². The van der Waals surface area contributed by atoms with Crippen LogP contribution in [0.15, 0.2) is 78.9 Å². The summed E-state index contributed by atoms with van der Waals surface area (Å²) in [6.07, 6.45) is 1.26. The van der Waals surface area contributed by atoms with Crippen molar-refractivity contribution >= 4 is 50.7 Å². The van der Waals surface area contributed by atoms with Gasteiger partial charge in [-0.2, -0.15) is 0 Å². The summed E-state index contributed by atoms with van der Waals surface area (Å²) in [7, 11) is -3.88. The number of para-hydroxylation sites is 1. The molecule has 0 heterocycles. The normalized spacial score (nSPS) is 12.0. The van der Waals surface area contributed by atoms with E-state index in [1.165, 1.54) is 11.0 Å². The van der Waals surface area contributed by atoms with Crippen molar-refractivity contribution in [3.05, 3.63) is 100 Å². The molecule has 0 saturated heterocycles. The Morgan fingerprint density at radius 1 is 0.892 bits per heavy atom. The average molecular weight is 563 g/mol. The van der Waals surface area contributed by atoms with Gasteiger partial charge < -0.3 is 10.2 Å². The number of amides is 2. The molecule has 1 atom stereocenters. The van der Waals surface area contributed by atoms with Gasteiger partial charge in [0.2, 0.25) is 21.8 Å². The highest BCUT2D eigenvalue weighted by Crippen LogP contribution is 2.27. The van der Waals surface area contributed by atoms with E-state index in [4.69, 9.17) is 23.2 Å². The molecule has 7 nitrogen and oxygen atoms in total. The maximum Gasteiger partial charge on any atom is 0.244 e. The van der Waals surface area contributed by atoms with Crippen LogP contribution in [0.4, 0.5) is 5.69 Å². The molecular weight excluding hydrogens is 533 g/mol. The predicted octanol–water partition coefficient (Wildman–Crippen LogP) is 4.54. The van der Waals surface area contributed by atoms with E-state index in [-0.39, 0.29) is 29.6 Å². The zero-order chi connectivity index (χ0) is 27.0. The first-order valence-electron chi connectivity index (χ1n) is 11.7. The van der Waals surface area contributed by atoms with Gasteiger partial charge in [-0.25, -0.2) is 8.42 Å². The van der Waals surface area contributed by atoms with Crippen LogP contribution in [-0.4, -0.2) is 50.5 Å². The first-order valence-corrected chi connectivity index (χ1v) is 14.3. The molecule has 0 aliphatic rings. The Labute approximate surface area is 228 Å². The summed E-state index contributed by atoms with van der Waals surface area (Å²) < 4.78 is 26.4. The van der Waals surface area contributed by atoms with Gasteiger partial charge >= 0.3 is 0 Å². The minimum absolute atomic E-state index is 0.0742. The minimum atomic E-state index is -3.88. The summed E-state index contributed by atoms with van der Waals surface area (Å²) in [4.78, 5) is 28.5. The summed E-state index contributed by atoms with van der Waals surface area (Å²) >= 11 is 12.3. The minimum Gasteiger partial charge on any atom is -0.355 e. The average Bonchev–Trinajstić information content (AvgIpc) is 2.86. The van der Waals surface area contributed by atoms with Crippen molar-refractivity contribution in [2.75, 3.05) is 23.7 Å². The molecule has 1 N–H and O–H groups in total. The van der Waals surface area contributed by atoms with Crippen LogP contribution in [0.25, 0.3) is 0 Å². The Kier molecular flexibility index (Phi) is 9.97. The van der Waals surface area contributed by atoms with Gasteiger partial charge in [-0.3, -0.25) is 13.9 Å². The molecule has 0 radical (unpaired) electrons. The van der Waals surface area contributed by atoms with Crippen LogP contribution in [0.2, 0.25) is 10.0 Å². The van der Waals surface area contributed by atoms with E-state index in [0.717, 1.165) is 21.7 Å². The molecule has 0 aromatic heterocycles. The molecule has 2 amide bonds. The number of rotatable bonds is 11. The number of hydrogen-bond acceptors (Lipinski definition) is 4. The van der Waals surface area contributed by atoms with E-state index in [2.05, 4.69) is 5.32 Å². The van der Waals surface area contributed by atoms with Crippen molar-refractivity contribution in [1.82, 2.24) is 10.2 Å². The summed E-state index contributed by atoms with van der Waals surface area (Å²) in [6.45, 7) is 1.72. The summed E-state index contributed by atoms with van der Waals surface area (Å²) in [5, 5.41) is 3.54. The van der Waals surface area contributed by atoms with Crippen molar-refractivity contribution in [1.29, 1.82) is 0 Å². The van der Waals surface area contributed by atoms with Crippen LogP contribution in [0.5, 0.6) is 0 Å². The number of hydrogen-bond donors (Lipinski definition) is 1. The smallest absolute Gasteiger partial charge is 0.244 e. The highest BCUT2D eigenvalue weighted by atomic mass is 35.5. The highest BCUT2D eigenvalue weighted by molar-refractivity contribution is 7.92. The fraction of sp³-hybridized carbons (Fsp3) is 0.259. The zero-order valence-corrected chi connectivity index (χ0v) is 22.9. The lowest BCUT2D eigenvalue weighted by Gasteiger charge is -2.33. The lowest BCUT2D eigenvalue weighted by molar-refractivity contribution is -0.140. The third kappa shape index (κ3) is 7.95. The van der Waals surface area contributed by atoms with E-state index in [1.54, 1.807) is 49.4 Å². The van der Waals surface area contributed by atoms with Gasteiger partial charge in [-0.05, 0) is 42.3 Å². The Balaban J connectivity index is 2.04. The van der Waals surface area contributed by atoms with Gasteiger partial charge in [0.15, 0.2) is 0 Å². The fourth-order valence-electron chi connectivity index (χ4n) is 3.88. The number of benzene rings is 3.